The van der Waals surface area contributed by atoms with Crippen LogP contribution in [-0.2, 0) is 4.79 Å². The Balaban J connectivity index is 1.60. The molecule has 0 bridgehead atoms. The molecule has 3 aromatic carbocycles. The number of carbonyl (C=O) groups excluding carboxylic acids is 1. The number of hydrogen-bond acceptors (Lipinski definition) is 5. The van der Waals surface area contributed by atoms with Crippen LogP contribution in [0.25, 0.3) is 22.4 Å². The van der Waals surface area contributed by atoms with Gasteiger partial charge in [0.2, 0.25) is 11.7 Å². The summed E-state index contributed by atoms with van der Waals surface area (Å²) in [5.74, 6) is 0.285. The van der Waals surface area contributed by atoms with Gasteiger partial charge in [-0.05, 0) is 75.6 Å². The van der Waals surface area contributed by atoms with E-state index in [9.17, 15) is 9.59 Å². The highest BCUT2D eigenvalue weighted by atomic mass is 32.2. The summed E-state index contributed by atoms with van der Waals surface area (Å²) in [5.41, 5.74) is 6.33. The van der Waals surface area contributed by atoms with Crippen molar-refractivity contribution in [3.63, 3.8) is 0 Å². The Morgan fingerprint density at radius 1 is 0.944 bits per heavy atom. The molecule has 2 aromatic heterocycles. The number of nitrogens with zero attached hydrogens (tertiary/aromatic N) is 4. The van der Waals surface area contributed by atoms with Crippen LogP contribution in [0.4, 0.5) is 5.69 Å². The van der Waals surface area contributed by atoms with Crippen molar-refractivity contribution in [2.24, 2.45) is 0 Å². The number of benzene rings is 3. The zero-order valence-corrected chi connectivity index (χ0v) is 21.7. The Labute approximate surface area is 213 Å². The average Bonchev–Trinajstić information content (AvgIpc) is 3.26. The van der Waals surface area contributed by atoms with Crippen molar-refractivity contribution in [1.82, 2.24) is 19.2 Å². The van der Waals surface area contributed by atoms with E-state index in [0.717, 1.165) is 33.6 Å². The van der Waals surface area contributed by atoms with Gasteiger partial charge in [-0.3, -0.25) is 14.0 Å². The number of thioether (sulfide) groups is 1. The largest absolute Gasteiger partial charge is 0.325 e. The van der Waals surface area contributed by atoms with Crippen LogP contribution in [-0.4, -0.2) is 30.3 Å². The van der Waals surface area contributed by atoms with Crippen molar-refractivity contribution in [3.8, 4) is 5.69 Å². The van der Waals surface area contributed by atoms with Gasteiger partial charge in [-0.15, -0.1) is 10.2 Å². The average molecular weight is 498 g/mol. The van der Waals surface area contributed by atoms with Gasteiger partial charge in [-0.2, -0.15) is 0 Å². The van der Waals surface area contributed by atoms with Crippen molar-refractivity contribution in [1.29, 1.82) is 0 Å². The summed E-state index contributed by atoms with van der Waals surface area (Å²) >= 11 is 1.31. The second-order valence-electron chi connectivity index (χ2n) is 9.06. The van der Waals surface area contributed by atoms with E-state index in [1.54, 1.807) is 4.57 Å². The van der Waals surface area contributed by atoms with Gasteiger partial charge in [0.25, 0.3) is 5.56 Å². The van der Waals surface area contributed by atoms with Crippen LogP contribution in [0.2, 0.25) is 0 Å². The van der Waals surface area contributed by atoms with Crippen LogP contribution in [0.15, 0.2) is 70.6 Å². The molecule has 36 heavy (non-hydrogen) atoms. The Bertz CT molecular complexity index is 1700. The molecular formula is C28H27N5O2S. The molecule has 0 aliphatic heterocycles. The third kappa shape index (κ3) is 4.07. The quantitative estimate of drug-likeness (QED) is 0.330. The molecule has 5 rings (SSSR count). The predicted octanol–water partition coefficient (Wildman–Crippen LogP) is 5.39. The van der Waals surface area contributed by atoms with E-state index in [-0.39, 0.29) is 11.5 Å². The van der Waals surface area contributed by atoms with E-state index < -0.39 is 5.25 Å². The summed E-state index contributed by atoms with van der Waals surface area (Å²) in [4.78, 5) is 26.7. The summed E-state index contributed by atoms with van der Waals surface area (Å²) in [6, 6.07) is 19.2. The number of nitrogens with one attached hydrogen (secondary N) is 1. The molecule has 1 amide bonds. The molecule has 0 spiro atoms. The van der Waals surface area contributed by atoms with Gasteiger partial charge in [0.1, 0.15) is 0 Å². The molecule has 1 unspecified atom stereocenters. The number of fused-ring (bicyclic) bond motifs is 3. The number of para-hydroxylation sites is 1. The third-order valence-electron chi connectivity index (χ3n) is 6.50. The zero-order chi connectivity index (χ0) is 25.6. The fourth-order valence-corrected chi connectivity index (χ4v) is 5.21. The van der Waals surface area contributed by atoms with E-state index in [0.29, 0.717) is 21.8 Å². The minimum Gasteiger partial charge on any atom is -0.325 e. The number of aryl methyl sites for hydroxylation is 3. The molecule has 1 N–H and O–H groups in total. The minimum absolute atomic E-state index is 0.129. The second-order valence-corrected chi connectivity index (χ2v) is 10.4. The monoisotopic (exact) mass is 497 g/mol. The number of aromatic nitrogens is 4. The first kappa shape index (κ1) is 23.8. The molecule has 2 heterocycles. The van der Waals surface area contributed by atoms with E-state index in [4.69, 9.17) is 0 Å². The molecule has 182 valence electrons. The number of rotatable bonds is 5. The molecular weight excluding hydrogens is 470 g/mol. The molecule has 0 saturated heterocycles. The van der Waals surface area contributed by atoms with E-state index >= 15 is 0 Å². The summed E-state index contributed by atoms with van der Waals surface area (Å²) in [5, 5.41) is 12.5. The Hall–Kier alpha value is -3.91. The summed E-state index contributed by atoms with van der Waals surface area (Å²) in [7, 11) is 0. The number of amides is 1. The molecule has 0 radical (unpaired) electrons. The Morgan fingerprint density at radius 2 is 1.72 bits per heavy atom. The van der Waals surface area contributed by atoms with Crippen LogP contribution < -0.4 is 10.9 Å². The standard InChI is InChI=1S/C28H27N5O2S/c1-16-13-14-22(18(3)15-16)29-25(34)20(5)36-28-31-30-27-32(23-12-8-9-17(2)19(23)4)26(35)21-10-6-7-11-24(21)33(27)28/h6-15,20H,1-5H3,(H,29,34). The molecule has 0 aliphatic carbocycles. The van der Waals surface area contributed by atoms with Crippen LogP contribution in [0.5, 0.6) is 0 Å². The first-order chi connectivity index (χ1) is 17.3. The summed E-state index contributed by atoms with van der Waals surface area (Å²) in [6.45, 7) is 9.85. The van der Waals surface area contributed by atoms with E-state index in [2.05, 4.69) is 15.5 Å². The maximum Gasteiger partial charge on any atom is 0.267 e. The van der Waals surface area contributed by atoms with Crippen molar-refractivity contribution >= 4 is 40.0 Å². The van der Waals surface area contributed by atoms with Gasteiger partial charge in [0.05, 0.1) is 21.8 Å². The van der Waals surface area contributed by atoms with Crippen molar-refractivity contribution < 1.29 is 4.79 Å². The lowest BCUT2D eigenvalue weighted by Gasteiger charge is -2.15. The topological polar surface area (TPSA) is 81.3 Å². The highest BCUT2D eigenvalue weighted by Gasteiger charge is 2.23. The number of carbonyl (C=O) groups is 1. The fraction of sp³-hybridized carbons (Fsp3) is 0.214. The lowest BCUT2D eigenvalue weighted by atomic mass is 10.1. The van der Waals surface area contributed by atoms with Crippen molar-refractivity contribution in [2.75, 3.05) is 5.32 Å². The predicted molar refractivity (Wildman–Crippen MR) is 145 cm³/mol. The lowest BCUT2D eigenvalue weighted by Crippen LogP contribution is -2.24. The van der Waals surface area contributed by atoms with Crippen LogP contribution >= 0.6 is 11.8 Å². The van der Waals surface area contributed by atoms with Gasteiger partial charge >= 0.3 is 0 Å². The Morgan fingerprint density at radius 3 is 2.50 bits per heavy atom. The van der Waals surface area contributed by atoms with Crippen LogP contribution in [0.3, 0.4) is 0 Å². The summed E-state index contributed by atoms with van der Waals surface area (Å²) < 4.78 is 3.48. The Kier molecular flexibility index (Phi) is 6.14. The van der Waals surface area contributed by atoms with Gasteiger partial charge in [-0.1, -0.05) is 53.7 Å². The van der Waals surface area contributed by atoms with Gasteiger partial charge < -0.3 is 5.32 Å². The molecule has 0 saturated carbocycles. The molecule has 8 heteroatoms. The molecule has 0 fully saturated rings. The number of hydrogen-bond donors (Lipinski definition) is 1. The second kappa shape index (κ2) is 9.28. The smallest absolute Gasteiger partial charge is 0.267 e. The van der Waals surface area contributed by atoms with E-state index in [1.165, 1.54) is 11.8 Å². The maximum atomic E-state index is 13.6. The normalized spacial score (nSPS) is 12.2. The summed E-state index contributed by atoms with van der Waals surface area (Å²) in [6.07, 6.45) is 0. The van der Waals surface area contributed by atoms with Gasteiger partial charge in [-0.25, -0.2) is 4.57 Å². The number of anilines is 1. The van der Waals surface area contributed by atoms with Gasteiger partial charge in [0, 0.05) is 5.69 Å². The van der Waals surface area contributed by atoms with Gasteiger partial charge in [0.15, 0.2) is 5.16 Å². The van der Waals surface area contributed by atoms with Crippen molar-refractivity contribution in [2.45, 2.75) is 45.0 Å². The lowest BCUT2D eigenvalue weighted by molar-refractivity contribution is -0.115. The third-order valence-corrected chi connectivity index (χ3v) is 7.55. The molecule has 0 aliphatic rings. The van der Waals surface area contributed by atoms with Crippen LogP contribution in [0, 0.1) is 27.7 Å². The first-order valence-electron chi connectivity index (χ1n) is 11.8. The van der Waals surface area contributed by atoms with Crippen LogP contribution in [0.1, 0.15) is 29.2 Å². The van der Waals surface area contributed by atoms with Crippen molar-refractivity contribution in [3.05, 3.63) is 93.3 Å². The molecule has 7 nitrogen and oxygen atoms in total. The SMILES string of the molecule is Cc1ccc(NC(=O)C(C)Sc2nnc3n(-c4cccc(C)c4C)c(=O)c4ccccc4n23)c(C)c1. The molecule has 1 atom stereocenters. The van der Waals surface area contributed by atoms with E-state index in [1.807, 2.05) is 99.7 Å². The molecule has 5 aromatic rings. The highest BCUT2D eigenvalue weighted by molar-refractivity contribution is 8.00. The fourth-order valence-electron chi connectivity index (χ4n) is 4.35. The maximum absolute atomic E-state index is 13.6. The first-order valence-corrected chi connectivity index (χ1v) is 12.6. The highest BCUT2D eigenvalue weighted by Crippen LogP contribution is 2.28. The zero-order valence-electron chi connectivity index (χ0n) is 20.9. The minimum atomic E-state index is -0.446.